The van der Waals surface area contributed by atoms with Crippen LogP contribution in [0.4, 0.5) is 0 Å². The van der Waals surface area contributed by atoms with Crippen molar-refractivity contribution in [2.75, 3.05) is 0 Å². The van der Waals surface area contributed by atoms with Gasteiger partial charge >= 0.3 is 0 Å². The monoisotopic (exact) mass is 738 g/mol. The van der Waals surface area contributed by atoms with Gasteiger partial charge < -0.3 is 4.42 Å². The van der Waals surface area contributed by atoms with Crippen LogP contribution in [0.15, 0.2) is 199 Å². The Labute approximate surface area is 337 Å². The summed E-state index contributed by atoms with van der Waals surface area (Å²) in [4.78, 5) is 0. The lowest BCUT2D eigenvalue weighted by atomic mass is 9.82. The fourth-order valence-electron chi connectivity index (χ4n) is 10.0. The molecule has 0 spiro atoms. The highest BCUT2D eigenvalue weighted by molar-refractivity contribution is 6.21. The van der Waals surface area contributed by atoms with Crippen molar-refractivity contribution in [1.29, 1.82) is 0 Å². The van der Waals surface area contributed by atoms with E-state index in [0.29, 0.717) is 0 Å². The minimum absolute atomic E-state index is 0.0451. The molecule has 1 aliphatic carbocycles. The van der Waals surface area contributed by atoms with Crippen LogP contribution in [-0.2, 0) is 5.41 Å². The van der Waals surface area contributed by atoms with Crippen LogP contribution in [0.5, 0.6) is 0 Å². The van der Waals surface area contributed by atoms with E-state index >= 15 is 0 Å². The van der Waals surface area contributed by atoms with Crippen LogP contribution in [0.25, 0.3) is 110 Å². The topological polar surface area (TPSA) is 13.1 Å². The molecular formula is C57H38O. The van der Waals surface area contributed by atoms with Crippen molar-refractivity contribution in [3.8, 4) is 55.6 Å². The molecule has 0 saturated heterocycles. The van der Waals surface area contributed by atoms with Crippen LogP contribution in [0, 0.1) is 0 Å². The average Bonchev–Trinajstić information content (AvgIpc) is 3.76. The third kappa shape index (κ3) is 4.83. The Kier molecular flexibility index (Phi) is 7.04. The first-order valence-electron chi connectivity index (χ1n) is 20.2. The summed E-state index contributed by atoms with van der Waals surface area (Å²) >= 11 is 0. The van der Waals surface area contributed by atoms with E-state index in [9.17, 15) is 0 Å². The molecule has 0 atom stereocenters. The summed E-state index contributed by atoms with van der Waals surface area (Å²) in [5, 5.41) is 9.92. The zero-order valence-electron chi connectivity index (χ0n) is 32.4. The van der Waals surface area contributed by atoms with E-state index in [-0.39, 0.29) is 5.41 Å². The lowest BCUT2D eigenvalue weighted by Crippen LogP contribution is -2.14. The van der Waals surface area contributed by atoms with Crippen LogP contribution in [0.1, 0.15) is 25.0 Å². The van der Waals surface area contributed by atoms with E-state index in [1.54, 1.807) is 0 Å². The van der Waals surface area contributed by atoms with Gasteiger partial charge in [-0.05, 0) is 129 Å². The number of hydrogen-bond donors (Lipinski definition) is 0. The van der Waals surface area contributed by atoms with Crippen molar-refractivity contribution in [3.05, 3.63) is 205 Å². The first-order valence-corrected chi connectivity index (χ1v) is 20.2. The maximum absolute atomic E-state index is 6.16. The molecule has 11 aromatic rings. The fraction of sp³-hybridized carbons (Fsp3) is 0.0526. The van der Waals surface area contributed by atoms with Gasteiger partial charge in [0.05, 0.1) is 0 Å². The zero-order valence-corrected chi connectivity index (χ0v) is 32.4. The SMILES string of the molecule is CC1(C)c2ccc(-c3ccc(-c4c5ccccc5c(-c5cccc(-c6ccc7oc8ccccc8c7c6)c5)c5ccccc45)cc3)cc2-c2c1ccc1ccccc21. The third-order valence-corrected chi connectivity index (χ3v) is 12.9. The summed E-state index contributed by atoms with van der Waals surface area (Å²) < 4.78 is 6.16. The first kappa shape index (κ1) is 33.0. The second-order valence-corrected chi connectivity index (χ2v) is 16.4. The van der Waals surface area contributed by atoms with Gasteiger partial charge in [0.1, 0.15) is 11.2 Å². The highest BCUT2D eigenvalue weighted by Crippen LogP contribution is 2.52. The molecule has 0 fully saturated rings. The quantitative estimate of drug-likeness (QED) is 0.164. The smallest absolute Gasteiger partial charge is 0.135 e. The Morgan fingerprint density at radius 3 is 1.57 bits per heavy atom. The molecule has 0 aliphatic heterocycles. The number of hydrogen-bond acceptors (Lipinski definition) is 1. The largest absolute Gasteiger partial charge is 0.456 e. The molecule has 0 N–H and O–H groups in total. The molecule has 12 rings (SSSR count). The van der Waals surface area contributed by atoms with Gasteiger partial charge in [0.2, 0.25) is 0 Å². The van der Waals surface area contributed by atoms with Crippen molar-refractivity contribution in [1.82, 2.24) is 0 Å². The van der Waals surface area contributed by atoms with E-state index in [0.717, 1.165) is 21.9 Å². The normalized spacial score (nSPS) is 13.1. The number of fused-ring (bicyclic) bond motifs is 10. The Morgan fingerprint density at radius 2 is 0.828 bits per heavy atom. The highest BCUT2D eigenvalue weighted by Gasteiger charge is 2.36. The van der Waals surface area contributed by atoms with E-state index in [2.05, 4.69) is 196 Å². The molecule has 272 valence electrons. The van der Waals surface area contributed by atoms with Crippen molar-refractivity contribution in [3.63, 3.8) is 0 Å². The van der Waals surface area contributed by atoms with E-state index in [1.165, 1.54) is 99.1 Å². The molecule has 0 radical (unpaired) electrons. The Hall–Kier alpha value is -7.22. The number of rotatable bonds is 4. The summed E-state index contributed by atoms with van der Waals surface area (Å²) in [5.41, 5.74) is 17.1. The fourth-order valence-corrected chi connectivity index (χ4v) is 10.0. The van der Waals surface area contributed by atoms with E-state index in [1.807, 2.05) is 12.1 Å². The zero-order chi connectivity index (χ0) is 38.5. The van der Waals surface area contributed by atoms with Crippen LogP contribution in [-0.4, -0.2) is 0 Å². The second kappa shape index (κ2) is 12.4. The first-order chi connectivity index (χ1) is 28.5. The van der Waals surface area contributed by atoms with Crippen molar-refractivity contribution in [2.45, 2.75) is 19.3 Å². The van der Waals surface area contributed by atoms with E-state index < -0.39 is 0 Å². The predicted molar refractivity (Wildman–Crippen MR) is 246 cm³/mol. The summed E-state index contributed by atoms with van der Waals surface area (Å²) in [6.45, 7) is 4.72. The maximum Gasteiger partial charge on any atom is 0.135 e. The van der Waals surface area contributed by atoms with Crippen molar-refractivity contribution in [2.24, 2.45) is 0 Å². The number of benzene rings is 10. The second-order valence-electron chi connectivity index (χ2n) is 16.4. The summed E-state index contributed by atoms with van der Waals surface area (Å²) in [7, 11) is 0. The van der Waals surface area contributed by atoms with Crippen molar-refractivity contribution >= 4 is 54.3 Å². The molecule has 10 aromatic carbocycles. The van der Waals surface area contributed by atoms with Crippen molar-refractivity contribution < 1.29 is 4.42 Å². The molecule has 0 bridgehead atoms. The van der Waals surface area contributed by atoms with Gasteiger partial charge in [-0.15, -0.1) is 0 Å². The van der Waals surface area contributed by atoms with Crippen LogP contribution < -0.4 is 0 Å². The standard InChI is InChI=1S/C57H38O/c1-57(2)50-29-27-39(34-49(50)56-42-15-4-3-12-36(42)26-30-51(56)57)35-22-24-37(25-23-35)54-44-17-5-7-19-46(44)55(47-20-8-6-18-45(47)54)41-14-11-13-38(32-41)40-28-31-53-48(33-40)43-16-9-10-21-52(43)58-53/h3-34H,1-2H3. The lowest BCUT2D eigenvalue weighted by molar-refractivity contribution is 0.661. The molecule has 1 heterocycles. The maximum atomic E-state index is 6.16. The van der Waals surface area contributed by atoms with Gasteiger partial charge in [-0.25, -0.2) is 0 Å². The van der Waals surface area contributed by atoms with Gasteiger partial charge in [-0.2, -0.15) is 0 Å². The van der Waals surface area contributed by atoms with Crippen LogP contribution in [0.3, 0.4) is 0 Å². The minimum Gasteiger partial charge on any atom is -0.456 e. The van der Waals surface area contributed by atoms with Gasteiger partial charge in [-0.3, -0.25) is 0 Å². The molecule has 58 heavy (non-hydrogen) atoms. The summed E-state index contributed by atoms with van der Waals surface area (Å²) in [6.07, 6.45) is 0. The Balaban J connectivity index is 0.973. The molecule has 0 saturated carbocycles. The molecule has 0 amide bonds. The average molecular weight is 739 g/mol. The molecule has 1 aliphatic rings. The lowest BCUT2D eigenvalue weighted by Gasteiger charge is -2.21. The molecule has 0 unspecified atom stereocenters. The van der Waals surface area contributed by atoms with E-state index in [4.69, 9.17) is 4.42 Å². The van der Waals surface area contributed by atoms with Crippen LogP contribution in [0.2, 0.25) is 0 Å². The van der Waals surface area contributed by atoms with Gasteiger partial charge in [0, 0.05) is 16.2 Å². The van der Waals surface area contributed by atoms with Gasteiger partial charge in [0.15, 0.2) is 0 Å². The highest BCUT2D eigenvalue weighted by atomic mass is 16.3. The molecule has 1 nitrogen and oxygen atoms in total. The summed E-state index contributed by atoms with van der Waals surface area (Å²) in [6, 6.07) is 71.5. The minimum atomic E-state index is -0.0451. The molecule has 1 heteroatoms. The third-order valence-electron chi connectivity index (χ3n) is 12.9. The predicted octanol–water partition coefficient (Wildman–Crippen LogP) is 16.0. The summed E-state index contributed by atoms with van der Waals surface area (Å²) in [5.74, 6) is 0. The number of furan rings is 1. The Bertz CT molecular complexity index is 3410. The van der Waals surface area contributed by atoms with Crippen LogP contribution >= 0.6 is 0 Å². The van der Waals surface area contributed by atoms with Gasteiger partial charge in [-0.1, -0.05) is 178 Å². The molecular weight excluding hydrogens is 701 g/mol. The van der Waals surface area contributed by atoms with Gasteiger partial charge in [0.25, 0.3) is 0 Å². The molecule has 1 aromatic heterocycles. The Morgan fingerprint density at radius 1 is 0.310 bits per heavy atom. The number of para-hydroxylation sites is 1.